The molecule has 4 aromatic rings. The third-order valence-corrected chi connectivity index (χ3v) is 5.76. The number of carbonyl (C=O) groups excluding carboxylic acids is 1. The van der Waals surface area contributed by atoms with Crippen LogP contribution in [0.2, 0.25) is 0 Å². The van der Waals surface area contributed by atoms with Crippen molar-refractivity contribution in [2.24, 2.45) is 0 Å². The summed E-state index contributed by atoms with van der Waals surface area (Å²) in [4.78, 5) is 24.5. The zero-order valence-corrected chi connectivity index (χ0v) is 18.3. The number of alkyl halides is 3. The van der Waals surface area contributed by atoms with Crippen LogP contribution in [0.5, 0.6) is 5.75 Å². The Hall–Kier alpha value is -3.28. The summed E-state index contributed by atoms with van der Waals surface area (Å²) < 4.78 is 46.2. The Morgan fingerprint density at radius 2 is 2.00 bits per heavy atom. The van der Waals surface area contributed by atoms with Crippen LogP contribution in [0.3, 0.4) is 0 Å². The quantitative estimate of drug-likeness (QED) is 0.456. The second-order valence-corrected chi connectivity index (χ2v) is 8.07. The summed E-state index contributed by atoms with van der Waals surface area (Å²) in [7, 11) is 0. The van der Waals surface area contributed by atoms with E-state index in [-0.39, 0.29) is 24.5 Å². The van der Waals surface area contributed by atoms with Crippen LogP contribution in [-0.2, 0) is 17.4 Å². The minimum atomic E-state index is -4.66. The smallest absolute Gasteiger partial charge is 0.453 e. The molecule has 0 saturated heterocycles. The number of carbonyl (C=O) groups is 1. The molecular weight excluding hydrogens is 445 g/mol. The molecule has 4 rings (SSSR count). The first-order chi connectivity index (χ1) is 15.2. The number of nitrogens with one attached hydrogen (secondary N) is 1. The number of anilines is 1. The van der Waals surface area contributed by atoms with Crippen LogP contribution in [0.1, 0.15) is 36.1 Å². The summed E-state index contributed by atoms with van der Waals surface area (Å²) >= 11 is 1.34. The van der Waals surface area contributed by atoms with Crippen molar-refractivity contribution in [3.05, 3.63) is 41.0 Å². The van der Waals surface area contributed by atoms with Crippen LogP contribution in [-0.4, -0.2) is 37.1 Å². The Balaban J connectivity index is 1.48. The van der Waals surface area contributed by atoms with Gasteiger partial charge in [-0.15, -0.1) is 5.10 Å². The Morgan fingerprint density at radius 1 is 1.22 bits per heavy atom. The third kappa shape index (κ3) is 4.35. The predicted molar refractivity (Wildman–Crippen MR) is 113 cm³/mol. The molecule has 0 spiro atoms. The number of hydrogen-bond donors (Lipinski definition) is 1. The molecule has 168 valence electrons. The molecule has 12 heteroatoms. The molecule has 0 radical (unpaired) electrons. The second-order valence-electron chi connectivity index (χ2n) is 7.04. The summed E-state index contributed by atoms with van der Waals surface area (Å²) in [5.74, 6) is -0.896. The van der Waals surface area contributed by atoms with Crippen molar-refractivity contribution < 1.29 is 22.7 Å². The fourth-order valence-electron chi connectivity index (χ4n) is 3.33. The van der Waals surface area contributed by atoms with Gasteiger partial charge in [-0.25, -0.2) is 14.5 Å². The topological polar surface area (TPSA) is 94.3 Å². The van der Waals surface area contributed by atoms with Crippen LogP contribution >= 0.6 is 11.3 Å². The number of aromatic nitrogens is 5. The first-order valence-corrected chi connectivity index (χ1v) is 10.6. The van der Waals surface area contributed by atoms with Crippen molar-refractivity contribution in [3.63, 3.8) is 0 Å². The second kappa shape index (κ2) is 8.34. The molecule has 1 N–H and O–H groups in total. The van der Waals surface area contributed by atoms with E-state index in [1.807, 2.05) is 25.1 Å². The maximum atomic E-state index is 12.9. The Labute approximate surface area is 184 Å². The fourth-order valence-corrected chi connectivity index (χ4v) is 4.24. The lowest BCUT2D eigenvalue weighted by Crippen LogP contribution is -2.14. The molecule has 32 heavy (non-hydrogen) atoms. The minimum absolute atomic E-state index is 0.107. The van der Waals surface area contributed by atoms with Gasteiger partial charge in [0.05, 0.1) is 16.8 Å². The van der Waals surface area contributed by atoms with E-state index in [0.717, 1.165) is 20.5 Å². The fraction of sp³-hybridized carbons (Fsp3) is 0.350. The highest BCUT2D eigenvalue weighted by Crippen LogP contribution is 2.30. The van der Waals surface area contributed by atoms with Gasteiger partial charge in [0, 0.05) is 17.8 Å². The maximum Gasteiger partial charge on any atom is 0.453 e. The molecule has 1 aromatic carbocycles. The SMILES string of the molecule is CCOc1ccc2nc(NC(=O)CCc3c(C)nc4nc(C(F)(F)F)nn4c3C)sc2c1. The van der Waals surface area contributed by atoms with Gasteiger partial charge in [0.2, 0.25) is 5.91 Å². The Morgan fingerprint density at radius 3 is 2.72 bits per heavy atom. The van der Waals surface area contributed by atoms with Gasteiger partial charge in [-0.1, -0.05) is 11.3 Å². The van der Waals surface area contributed by atoms with Gasteiger partial charge in [0.15, 0.2) is 5.13 Å². The number of rotatable bonds is 6. The van der Waals surface area contributed by atoms with Crippen molar-refractivity contribution >= 4 is 38.4 Å². The van der Waals surface area contributed by atoms with Gasteiger partial charge in [0.1, 0.15) is 5.75 Å². The monoisotopic (exact) mass is 464 g/mol. The number of nitrogens with zero attached hydrogens (tertiary/aromatic N) is 5. The average molecular weight is 464 g/mol. The van der Waals surface area contributed by atoms with Crippen LogP contribution in [0.15, 0.2) is 18.2 Å². The average Bonchev–Trinajstić information content (AvgIpc) is 3.31. The van der Waals surface area contributed by atoms with Crippen molar-refractivity contribution in [2.45, 2.75) is 39.8 Å². The highest BCUT2D eigenvalue weighted by atomic mass is 32.1. The summed E-state index contributed by atoms with van der Waals surface area (Å²) in [6, 6.07) is 5.51. The molecule has 0 fully saturated rings. The normalized spacial score (nSPS) is 11.9. The molecule has 0 unspecified atom stereocenters. The molecule has 3 aromatic heterocycles. The summed E-state index contributed by atoms with van der Waals surface area (Å²) in [5.41, 5.74) is 2.37. The minimum Gasteiger partial charge on any atom is -0.494 e. The van der Waals surface area contributed by atoms with Crippen molar-refractivity contribution in [1.82, 2.24) is 24.6 Å². The molecule has 8 nitrogen and oxygen atoms in total. The summed E-state index contributed by atoms with van der Waals surface area (Å²) in [6.07, 6.45) is -4.27. The zero-order valence-electron chi connectivity index (χ0n) is 17.4. The molecule has 0 saturated carbocycles. The van der Waals surface area contributed by atoms with Gasteiger partial charge in [-0.2, -0.15) is 18.2 Å². The molecule has 1 amide bonds. The molecule has 0 bridgehead atoms. The Bertz CT molecular complexity index is 1310. The van der Waals surface area contributed by atoms with Crippen molar-refractivity contribution in [2.75, 3.05) is 11.9 Å². The lowest BCUT2D eigenvalue weighted by atomic mass is 10.1. The molecule has 0 atom stereocenters. The van der Waals surface area contributed by atoms with Crippen LogP contribution in [0.4, 0.5) is 18.3 Å². The molecule has 3 heterocycles. The molecule has 0 aliphatic carbocycles. The number of aryl methyl sites for hydroxylation is 2. The Kier molecular flexibility index (Phi) is 5.71. The van der Waals surface area contributed by atoms with Gasteiger partial charge >= 0.3 is 6.18 Å². The number of amides is 1. The van der Waals surface area contributed by atoms with Crippen LogP contribution in [0.25, 0.3) is 16.0 Å². The van der Waals surface area contributed by atoms with Gasteiger partial charge < -0.3 is 10.1 Å². The van der Waals surface area contributed by atoms with Crippen LogP contribution in [0, 0.1) is 13.8 Å². The molecule has 0 aliphatic rings. The van der Waals surface area contributed by atoms with E-state index in [0.29, 0.717) is 28.7 Å². The predicted octanol–water partition coefficient (Wildman–Crippen LogP) is 4.34. The number of halogens is 3. The molecular formula is C20H19F3N6O2S. The van der Waals surface area contributed by atoms with E-state index in [9.17, 15) is 18.0 Å². The number of thiazole rings is 1. The summed E-state index contributed by atoms with van der Waals surface area (Å²) in [6.45, 7) is 5.76. The largest absolute Gasteiger partial charge is 0.494 e. The lowest BCUT2D eigenvalue weighted by molar-refractivity contribution is -0.144. The van der Waals surface area contributed by atoms with E-state index in [1.165, 1.54) is 11.3 Å². The van der Waals surface area contributed by atoms with E-state index in [2.05, 4.69) is 25.4 Å². The lowest BCUT2D eigenvalue weighted by Gasteiger charge is -2.10. The summed E-state index contributed by atoms with van der Waals surface area (Å²) in [5, 5.41) is 6.77. The first kappa shape index (κ1) is 21.9. The number of hydrogen-bond acceptors (Lipinski definition) is 7. The number of benzene rings is 1. The van der Waals surface area contributed by atoms with E-state index in [4.69, 9.17) is 4.74 Å². The highest BCUT2D eigenvalue weighted by molar-refractivity contribution is 7.22. The van der Waals surface area contributed by atoms with E-state index >= 15 is 0 Å². The number of ether oxygens (including phenoxy) is 1. The first-order valence-electron chi connectivity index (χ1n) is 9.79. The standard InChI is InChI=1S/C20H19F3N6O2S/c1-4-31-12-5-7-14-15(9-12)32-19(25-14)26-16(30)8-6-13-10(2)24-18-27-17(20(21,22)23)28-29(18)11(13)3/h5,7,9H,4,6,8H2,1-3H3,(H,25,26,30). The third-order valence-electron chi connectivity index (χ3n) is 4.82. The van der Waals surface area contributed by atoms with Crippen molar-refractivity contribution in [3.8, 4) is 5.75 Å². The van der Waals surface area contributed by atoms with E-state index < -0.39 is 12.0 Å². The van der Waals surface area contributed by atoms with Crippen molar-refractivity contribution in [1.29, 1.82) is 0 Å². The van der Waals surface area contributed by atoms with Crippen LogP contribution < -0.4 is 10.1 Å². The highest BCUT2D eigenvalue weighted by Gasteiger charge is 2.37. The van der Waals surface area contributed by atoms with Gasteiger partial charge in [0.25, 0.3) is 11.6 Å². The zero-order chi connectivity index (χ0) is 23.0. The number of fused-ring (bicyclic) bond motifs is 2. The van der Waals surface area contributed by atoms with Gasteiger partial charge in [-0.05, 0) is 51.0 Å². The molecule has 0 aliphatic heterocycles. The van der Waals surface area contributed by atoms with Gasteiger partial charge in [-0.3, -0.25) is 4.79 Å². The van der Waals surface area contributed by atoms with E-state index in [1.54, 1.807) is 13.8 Å². The maximum absolute atomic E-state index is 12.9.